The van der Waals surface area contributed by atoms with E-state index in [0.717, 1.165) is 6.42 Å². The number of fused-ring (bicyclic) bond motifs is 1. The Labute approximate surface area is 160 Å². The van der Waals surface area contributed by atoms with Crippen molar-refractivity contribution in [2.75, 3.05) is 13.1 Å². The molecule has 5 atom stereocenters. The van der Waals surface area contributed by atoms with Gasteiger partial charge in [0.1, 0.15) is 0 Å². The number of hydrogen-bond acceptors (Lipinski definition) is 3. The number of nitrogens with one attached hydrogen (secondary N) is 2. The van der Waals surface area contributed by atoms with Gasteiger partial charge in [-0.3, -0.25) is 4.79 Å². The minimum atomic E-state index is -0.761. The lowest BCUT2D eigenvalue weighted by atomic mass is 9.53. The maximum absolute atomic E-state index is 12.7. The van der Waals surface area contributed by atoms with Crippen LogP contribution in [-0.2, 0) is 4.79 Å². The number of carboxylic acids is 1. The molecular formula is C19H32N4O4. The van der Waals surface area contributed by atoms with Crippen LogP contribution in [0.25, 0.3) is 0 Å². The number of hydrogen-bond donors (Lipinski definition) is 3. The van der Waals surface area contributed by atoms with Gasteiger partial charge in [-0.25, -0.2) is 9.59 Å². The minimum absolute atomic E-state index is 0.0359. The Morgan fingerprint density at radius 2 is 1.96 bits per heavy atom. The molecule has 3 N–H and O–H groups in total. The molecule has 0 spiro atoms. The molecule has 152 valence electrons. The van der Waals surface area contributed by atoms with Gasteiger partial charge in [-0.2, -0.15) is 0 Å². The Morgan fingerprint density at radius 1 is 1.30 bits per heavy atom. The van der Waals surface area contributed by atoms with E-state index in [4.69, 9.17) is 0 Å². The molecule has 27 heavy (non-hydrogen) atoms. The predicted octanol–water partition coefficient (Wildman–Crippen LogP) is 1.71. The molecule has 3 fully saturated rings. The summed E-state index contributed by atoms with van der Waals surface area (Å²) in [5.41, 5.74) is -0.331. The number of carboxylic acid groups (broad SMARTS) is 1. The third-order valence-corrected chi connectivity index (χ3v) is 6.92. The molecule has 1 saturated carbocycles. The number of amides is 4. The van der Waals surface area contributed by atoms with E-state index >= 15 is 0 Å². The zero-order valence-corrected chi connectivity index (χ0v) is 16.9. The first-order valence-electron chi connectivity index (χ1n) is 9.91. The standard InChI is InChI=1S/C19H32N4O4/c1-10(2)23-15-6-7-22(9-14(15)21-18(23)27)17(26)20-11(3)12-8-13(16(24)25)19(12,4)5/h10-15H,6-9H2,1-5H3,(H,20,26)(H,21,27)(H,24,25)/t11?,12-,13+,14+,15-/m0/s1. The van der Waals surface area contributed by atoms with Crippen LogP contribution in [-0.4, -0.2) is 70.2 Å². The lowest BCUT2D eigenvalue weighted by molar-refractivity contribution is -0.160. The SMILES string of the molecule is CC(NC(=O)N1CC[C@H]2[C@@H](C1)NC(=O)N2C(C)C)[C@@H]1C[C@H](C(=O)O)C1(C)C. The maximum atomic E-state index is 12.7. The molecular weight excluding hydrogens is 348 g/mol. The Hall–Kier alpha value is -1.99. The third kappa shape index (κ3) is 3.34. The van der Waals surface area contributed by atoms with Gasteiger partial charge in [0.25, 0.3) is 0 Å². The van der Waals surface area contributed by atoms with E-state index in [1.807, 2.05) is 39.5 Å². The molecule has 3 rings (SSSR count). The highest BCUT2D eigenvalue weighted by Gasteiger charge is 2.54. The van der Waals surface area contributed by atoms with Crippen molar-refractivity contribution < 1.29 is 19.5 Å². The van der Waals surface area contributed by atoms with Gasteiger partial charge in [-0.15, -0.1) is 0 Å². The number of nitrogens with zero attached hydrogens (tertiary/aromatic N) is 2. The zero-order valence-electron chi connectivity index (χ0n) is 16.9. The second kappa shape index (κ2) is 6.87. The topological polar surface area (TPSA) is 102 Å². The number of likely N-dealkylation sites (tertiary alicyclic amines) is 1. The number of urea groups is 2. The van der Waals surface area contributed by atoms with Crippen molar-refractivity contribution in [3.63, 3.8) is 0 Å². The monoisotopic (exact) mass is 380 g/mol. The second-order valence-corrected chi connectivity index (χ2v) is 9.15. The molecule has 0 aromatic carbocycles. The van der Waals surface area contributed by atoms with Gasteiger partial charge in [0.2, 0.25) is 0 Å². The molecule has 2 heterocycles. The highest BCUT2D eigenvalue weighted by Crippen LogP contribution is 2.52. The zero-order chi connectivity index (χ0) is 20.1. The summed E-state index contributed by atoms with van der Waals surface area (Å²) in [7, 11) is 0. The molecule has 0 bridgehead atoms. The van der Waals surface area contributed by atoms with E-state index in [-0.39, 0.29) is 53.5 Å². The summed E-state index contributed by atoms with van der Waals surface area (Å²) >= 11 is 0. The number of carbonyl (C=O) groups is 3. The summed E-state index contributed by atoms with van der Waals surface area (Å²) in [6.07, 6.45) is 1.35. The van der Waals surface area contributed by atoms with Crippen LogP contribution in [0.4, 0.5) is 9.59 Å². The summed E-state index contributed by atoms with van der Waals surface area (Å²) in [6, 6.07) is -0.0268. The van der Waals surface area contributed by atoms with Crippen LogP contribution in [0.2, 0.25) is 0 Å². The van der Waals surface area contributed by atoms with Crippen LogP contribution in [0.1, 0.15) is 47.5 Å². The molecule has 0 aromatic rings. The Morgan fingerprint density at radius 3 is 2.52 bits per heavy atom. The van der Waals surface area contributed by atoms with E-state index < -0.39 is 5.97 Å². The van der Waals surface area contributed by atoms with Gasteiger partial charge in [0, 0.05) is 25.2 Å². The largest absolute Gasteiger partial charge is 0.481 e. The number of aliphatic carboxylic acids is 1. The Balaban J connectivity index is 1.56. The van der Waals surface area contributed by atoms with Crippen molar-refractivity contribution in [3.05, 3.63) is 0 Å². The fourth-order valence-corrected chi connectivity index (χ4v) is 5.21. The summed E-state index contributed by atoms with van der Waals surface area (Å²) in [6.45, 7) is 11.0. The van der Waals surface area contributed by atoms with Crippen molar-refractivity contribution in [2.24, 2.45) is 17.3 Å². The molecule has 1 aliphatic carbocycles. The van der Waals surface area contributed by atoms with E-state index in [0.29, 0.717) is 19.5 Å². The molecule has 1 unspecified atom stereocenters. The summed E-state index contributed by atoms with van der Waals surface area (Å²) in [5, 5.41) is 15.4. The van der Waals surface area contributed by atoms with Crippen LogP contribution in [0.5, 0.6) is 0 Å². The molecule has 2 aliphatic heterocycles. The highest BCUT2D eigenvalue weighted by atomic mass is 16.4. The van der Waals surface area contributed by atoms with Gasteiger partial charge >= 0.3 is 18.0 Å². The van der Waals surface area contributed by atoms with Crippen molar-refractivity contribution in [2.45, 2.75) is 71.6 Å². The van der Waals surface area contributed by atoms with Crippen molar-refractivity contribution in [1.82, 2.24) is 20.4 Å². The first kappa shape index (κ1) is 19.8. The lowest BCUT2D eigenvalue weighted by Gasteiger charge is -2.52. The van der Waals surface area contributed by atoms with E-state index in [1.54, 1.807) is 4.90 Å². The molecule has 3 aliphatic rings. The van der Waals surface area contributed by atoms with Gasteiger partial charge in [0.05, 0.1) is 18.0 Å². The summed E-state index contributed by atoms with van der Waals surface area (Å²) < 4.78 is 0. The number of piperidine rings is 1. The van der Waals surface area contributed by atoms with Crippen LogP contribution in [0.3, 0.4) is 0 Å². The van der Waals surface area contributed by atoms with Crippen molar-refractivity contribution in [3.8, 4) is 0 Å². The van der Waals surface area contributed by atoms with Gasteiger partial charge < -0.3 is 25.5 Å². The first-order chi connectivity index (χ1) is 12.5. The summed E-state index contributed by atoms with van der Waals surface area (Å²) in [4.78, 5) is 39.9. The second-order valence-electron chi connectivity index (χ2n) is 9.15. The number of rotatable bonds is 4. The van der Waals surface area contributed by atoms with Gasteiger partial charge in [-0.1, -0.05) is 13.8 Å². The minimum Gasteiger partial charge on any atom is -0.481 e. The smallest absolute Gasteiger partial charge is 0.318 e. The molecule has 8 nitrogen and oxygen atoms in total. The van der Waals surface area contributed by atoms with E-state index in [2.05, 4.69) is 10.6 Å². The summed E-state index contributed by atoms with van der Waals surface area (Å²) in [5.74, 6) is -0.973. The van der Waals surface area contributed by atoms with Crippen LogP contribution in [0.15, 0.2) is 0 Å². The fourth-order valence-electron chi connectivity index (χ4n) is 5.21. The number of carbonyl (C=O) groups excluding carboxylic acids is 2. The lowest BCUT2D eigenvalue weighted by Crippen LogP contribution is -2.60. The molecule has 0 aromatic heterocycles. The van der Waals surface area contributed by atoms with Crippen molar-refractivity contribution >= 4 is 18.0 Å². The normalized spacial score (nSPS) is 33.2. The van der Waals surface area contributed by atoms with Crippen LogP contribution in [0, 0.1) is 17.3 Å². The molecule has 4 amide bonds. The quantitative estimate of drug-likeness (QED) is 0.691. The van der Waals surface area contributed by atoms with Gasteiger partial charge in [-0.05, 0) is 44.9 Å². The first-order valence-corrected chi connectivity index (χ1v) is 9.91. The Kier molecular flexibility index (Phi) is 5.03. The highest BCUT2D eigenvalue weighted by molar-refractivity contribution is 5.79. The Bertz CT molecular complexity index is 635. The molecule has 2 saturated heterocycles. The van der Waals surface area contributed by atoms with E-state index in [1.165, 1.54) is 0 Å². The van der Waals surface area contributed by atoms with E-state index in [9.17, 15) is 19.5 Å². The maximum Gasteiger partial charge on any atom is 0.318 e. The van der Waals surface area contributed by atoms with Crippen molar-refractivity contribution in [1.29, 1.82) is 0 Å². The predicted molar refractivity (Wildman–Crippen MR) is 100 cm³/mol. The van der Waals surface area contributed by atoms with Crippen LogP contribution < -0.4 is 10.6 Å². The molecule has 0 radical (unpaired) electrons. The average Bonchev–Trinajstić information content (AvgIpc) is 2.88. The van der Waals surface area contributed by atoms with Gasteiger partial charge in [0.15, 0.2) is 0 Å². The van der Waals surface area contributed by atoms with Crippen LogP contribution >= 0.6 is 0 Å². The molecule has 8 heteroatoms. The average molecular weight is 380 g/mol. The third-order valence-electron chi connectivity index (χ3n) is 6.92. The fraction of sp³-hybridized carbons (Fsp3) is 0.842.